The highest BCUT2D eigenvalue weighted by molar-refractivity contribution is 4.74. The molecule has 0 radical (unpaired) electrons. The topological polar surface area (TPSA) is 0 Å². The van der Waals surface area contributed by atoms with E-state index in [9.17, 15) is 0 Å². The van der Waals surface area contributed by atoms with Gasteiger partial charge < -0.3 is 0 Å². The van der Waals surface area contributed by atoms with Gasteiger partial charge in [-0.05, 0) is 17.8 Å². The molecule has 0 fully saturated rings. The van der Waals surface area contributed by atoms with Crippen LogP contribution in [-0.2, 0) is 0 Å². The average molecular weight is 269 g/mol. The molecule has 0 aliphatic heterocycles. The SMILES string of the molecule is CCCCCCCCCCCCC(C)(C)C(C)CC. The molecule has 0 aromatic heterocycles. The number of hydrogen-bond donors (Lipinski definition) is 0. The molecule has 116 valence electrons. The van der Waals surface area contributed by atoms with E-state index in [1.165, 1.54) is 77.0 Å². The van der Waals surface area contributed by atoms with Crippen molar-refractivity contribution in [3.63, 3.8) is 0 Å². The molecule has 0 aliphatic rings. The maximum Gasteiger partial charge on any atom is -0.0329 e. The fraction of sp³-hybridized carbons (Fsp3) is 1.00. The summed E-state index contributed by atoms with van der Waals surface area (Å²) in [5.74, 6) is 0.867. The van der Waals surface area contributed by atoms with Gasteiger partial charge in [0.1, 0.15) is 0 Å². The molecule has 0 nitrogen and oxygen atoms in total. The second kappa shape index (κ2) is 11.8. The molecule has 1 atom stereocenters. The van der Waals surface area contributed by atoms with Gasteiger partial charge in [-0.25, -0.2) is 0 Å². The lowest BCUT2D eigenvalue weighted by atomic mass is 9.75. The molecule has 0 saturated carbocycles. The summed E-state index contributed by atoms with van der Waals surface area (Å²) in [5, 5.41) is 0. The van der Waals surface area contributed by atoms with Gasteiger partial charge in [0.15, 0.2) is 0 Å². The Labute approximate surface area is 123 Å². The summed E-state index contributed by atoms with van der Waals surface area (Å²) in [7, 11) is 0. The molecule has 0 N–H and O–H groups in total. The third-order valence-corrected chi connectivity index (χ3v) is 5.12. The van der Waals surface area contributed by atoms with E-state index >= 15 is 0 Å². The van der Waals surface area contributed by atoms with Gasteiger partial charge in [0.25, 0.3) is 0 Å². The summed E-state index contributed by atoms with van der Waals surface area (Å²) in [4.78, 5) is 0. The van der Waals surface area contributed by atoms with E-state index in [0.717, 1.165) is 5.92 Å². The standard InChI is InChI=1S/C19H40/c1-6-8-9-10-11-12-13-14-15-16-17-19(4,5)18(3)7-2/h18H,6-17H2,1-5H3. The third-order valence-electron chi connectivity index (χ3n) is 5.12. The predicted octanol–water partition coefficient (Wildman–Crippen LogP) is 7.37. The molecule has 0 aliphatic carbocycles. The van der Waals surface area contributed by atoms with Crippen molar-refractivity contribution in [2.75, 3.05) is 0 Å². The number of unbranched alkanes of at least 4 members (excludes halogenated alkanes) is 9. The minimum Gasteiger partial charge on any atom is -0.0654 e. The van der Waals surface area contributed by atoms with Crippen LogP contribution in [0.3, 0.4) is 0 Å². The van der Waals surface area contributed by atoms with Crippen molar-refractivity contribution in [2.24, 2.45) is 11.3 Å². The van der Waals surface area contributed by atoms with Crippen molar-refractivity contribution in [3.8, 4) is 0 Å². The number of hydrogen-bond acceptors (Lipinski definition) is 0. The van der Waals surface area contributed by atoms with Gasteiger partial charge >= 0.3 is 0 Å². The average Bonchev–Trinajstić information content (AvgIpc) is 2.39. The van der Waals surface area contributed by atoms with E-state index in [4.69, 9.17) is 0 Å². The van der Waals surface area contributed by atoms with Gasteiger partial charge in [0.2, 0.25) is 0 Å². The van der Waals surface area contributed by atoms with Crippen LogP contribution in [-0.4, -0.2) is 0 Å². The van der Waals surface area contributed by atoms with Crippen LogP contribution in [0.4, 0.5) is 0 Å². The van der Waals surface area contributed by atoms with Crippen LogP contribution in [0.15, 0.2) is 0 Å². The first-order valence-electron chi connectivity index (χ1n) is 9.04. The zero-order chi connectivity index (χ0) is 14.6. The monoisotopic (exact) mass is 268 g/mol. The summed E-state index contributed by atoms with van der Waals surface area (Å²) < 4.78 is 0. The van der Waals surface area contributed by atoms with Crippen molar-refractivity contribution in [2.45, 2.75) is 112 Å². The Morgan fingerprint density at radius 1 is 0.684 bits per heavy atom. The zero-order valence-electron chi connectivity index (χ0n) is 14.6. The molecule has 0 rings (SSSR count). The first kappa shape index (κ1) is 19.0. The van der Waals surface area contributed by atoms with Crippen molar-refractivity contribution >= 4 is 0 Å². The van der Waals surface area contributed by atoms with Crippen molar-refractivity contribution < 1.29 is 0 Å². The van der Waals surface area contributed by atoms with Crippen LogP contribution in [0.2, 0.25) is 0 Å². The van der Waals surface area contributed by atoms with E-state index < -0.39 is 0 Å². The maximum absolute atomic E-state index is 2.45. The van der Waals surface area contributed by atoms with Crippen LogP contribution >= 0.6 is 0 Å². The van der Waals surface area contributed by atoms with Gasteiger partial charge in [-0.1, -0.05) is 105 Å². The van der Waals surface area contributed by atoms with Crippen molar-refractivity contribution in [1.82, 2.24) is 0 Å². The van der Waals surface area contributed by atoms with Crippen LogP contribution in [0.1, 0.15) is 112 Å². The molecule has 0 amide bonds. The lowest BCUT2D eigenvalue weighted by Gasteiger charge is -2.31. The van der Waals surface area contributed by atoms with Gasteiger partial charge in [-0.15, -0.1) is 0 Å². The zero-order valence-corrected chi connectivity index (χ0v) is 14.6. The fourth-order valence-corrected chi connectivity index (χ4v) is 2.87. The molecule has 0 aromatic carbocycles. The van der Waals surface area contributed by atoms with E-state index in [2.05, 4.69) is 34.6 Å². The number of rotatable bonds is 13. The summed E-state index contributed by atoms with van der Waals surface area (Å²) in [5.41, 5.74) is 0.550. The Balaban J connectivity index is 3.31. The Kier molecular flexibility index (Phi) is 11.8. The highest BCUT2D eigenvalue weighted by Gasteiger charge is 2.23. The minimum absolute atomic E-state index is 0.550. The molecule has 0 heterocycles. The molecule has 0 bridgehead atoms. The third kappa shape index (κ3) is 10.4. The van der Waals surface area contributed by atoms with Crippen LogP contribution < -0.4 is 0 Å². The first-order chi connectivity index (χ1) is 9.04. The van der Waals surface area contributed by atoms with E-state index in [1.807, 2.05) is 0 Å². The Morgan fingerprint density at radius 2 is 1.11 bits per heavy atom. The van der Waals surface area contributed by atoms with Gasteiger partial charge in [0, 0.05) is 0 Å². The quantitative estimate of drug-likeness (QED) is 0.306. The molecule has 0 saturated heterocycles. The normalized spacial score (nSPS) is 13.7. The summed E-state index contributed by atoms with van der Waals surface area (Å²) in [6.45, 7) is 11.9. The van der Waals surface area contributed by atoms with E-state index in [-0.39, 0.29) is 0 Å². The highest BCUT2D eigenvalue weighted by Crippen LogP contribution is 2.34. The second-order valence-electron chi connectivity index (χ2n) is 7.23. The maximum atomic E-state index is 2.45. The predicted molar refractivity (Wildman–Crippen MR) is 89.7 cm³/mol. The first-order valence-corrected chi connectivity index (χ1v) is 9.04. The molecular formula is C19H40. The summed E-state index contributed by atoms with van der Waals surface area (Å²) >= 11 is 0. The van der Waals surface area contributed by atoms with Crippen LogP contribution in [0, 0.1) is 11.3 Å². The van der Waals surface area contributed by atoms with E-state index in [1.54, 1.807) is 0 Å². The molecule has 0 heteroatoms. The van der Waals surface area contributed by atoms with E-state index in [0.29, 0.717) is 5.41 Å². The van der Waals surface area contributed by atoms with Gasteiger partial charge in [0.05, 0.1) is 0 Å². The molecular weight excluding hydrogens is 228 g/mol. The summed E-state index contributed by atoms with van der Waals surface area (Å²) in [6, 6.07) is 0. The smallest absolute Gasteiger partial charge is 0.0329 e. The molecule has 0 aromatic rings. The fourth-order valence-electron chi connectivity index (χ4n) is 2.87. The Bertz CT molecular complexity index is 180. The van der Waals surface area contributed by atoms with Crippen molar-refractivity contribution in [3.05, 3.63) is 0 Å². The van der Waals surface area contributed by atoms with Crippen molar-refractivity contribution in [1.29, 1.82) is 0 Å². The molecule has 1 unspecified atom stereocenters. The lowest BCUT2D eigenvalue weighted by molar-refractivity contribution is 0.199. The summed E-state index contributed by atoms with van der Waals surface area (Å²) in [6.07, 6.45) is 17.2. The minimum atomic E-state index is 0.550. The van der Waals surface area contributed by atoms with Gasteiger partial charge in [-0.2, -0.15) is 0 Å². The van der Waals surface area contributed by atoms with Gasteiger partial charge in [-0.3, -0.25) is 0 Å². The van der Waals surface area contributed by atoms with Crippen LogP contribution in [0.5, 0.6) is 0 Å². The Morgan fingerprint density at radius 3 is 1.53 bits per heavy atom. The van der Waals surface area contributed by atoms with Crippen LogP contribution in [0.25, 0.3) is 0 Å². The Hall–Kier alpha value is 0. The molecule has 19 heavy (non-hydrogen) atoms. The molecule has 0 spiro atoms. The second-order valence-corrected chi connectivity index (χ2v) is 7.23. The highest BCUT2D eigenvalue weighted by atomic mass is 14.3. The largest absolute Gasteiger partial charge is 0.0654 e. The lowest BCUT2D eigenvalue weighted by Crippen LogP contribution is -2.20.